The lowest BCUT2D eigenvalue weighted by molar-refractivity contribution is 0.0844. The number of benzene rings is 1. The monoisotopic (exact) mass is 407 g/mol. The molecule has 30 heavy (non-hydrogen) atoms. The van der Waals surface area contributed by atoms with E-state index in [1.807, 2.05) is 24.4 Å². The first kappa shape index (κ1) is 19.2. The van der Waals surface area contributed by atoms with Crippen molar-refractivity contribution < 1.29 is 14.6 Å². The summed E-state index contributed by atoms with van der Waals surface area (Å²) in [5.74, 6) is 2.10. The molecular weight excluding hydrogens is 382 g/mol. The topological polar surface area (TPSA) is 85.5 Å². The molecule has 0 spiro atoms. The van der Waals surface area contributed by atoms with Crippen LogP contribution in [-0.2, 0) is 9.47 Å². The van der Waals surface area contributed by atoms with E-state index in [1.165, 1.54) is 5.56 Å². The number of rotatable bonds is 4. The van der Waals surface area contributed by atoms with E-state index in [0.29, 0.717) is 37.9 Å². The van der Waals surface area contributed by atoms with Crippen molar-refractivity contribution in [3.63, 3.8) is 0 Å². The maximum atomic E-state index is 9.89. The number of ether oxygens (including phenoxy) is 2. The van der Waals surface area contributed by atoms with Gasteiger partial charge in [-0.15, -0.1) is 0 Å². The van der Waals surface area contributed by atoms with E-state index >= 15 is 0 Å². The maximum Gasteiger partial charge on any atom is 0.162 e. The quantitative estimate of drug-likeness (QED) is 0.710. The molecule has 8 nitrogen and oxygen atoms in total. The molecule has 4 heterocycles. The van der Waals surface area contributed by atoms with E-state index in [4.69, 9.17) is 24.5 Å². The van der Waals surface area contributed by atoms with E-state index in [9.17, 15) is 5.11 Å². The summed E-state index contributed by atoms with van der Waals surface area (Å²) in [5.41, 5.74) is 3.15. The number of nitrogens with zero attached hydrogens (tertiary/aromatic N) is 5. The molecule has 2 atom stereocenters. The van der Waals surface area contributed by atoms with Crippen LogP contribution < -0.4 is 4.90 Å². The second-order valence-electron chi connectivity index (χ2n) is 7.77. The van der Waals surface area contributed by atoms with Crippen molar-refractivity contribution in [2.75, 3.05) is 37.8 Å². The fourth-order valence-corrected chi connectivity index (χ4v) is 3.86. The zero-order valence-electron chi connectivity index (χ0n) is 16.9. The molecule has 1 N–H and O–H groups in total. The van der Waals surface area contributed by atoms with E-state index in [2.05, 4.69) is 30.0 Å². The minimum Gasteiger partial charge on any atom is -0.391 e. The van der Waals surface area contributed by atoms with Gasteiger partial charge in [-0.25, -0.2) is 14.6 Å². The summed E-state index contributed by atoms with van der Waals surface area (Å²) in [4.78, 5) is 11.7. The smallest absolute Gasteiger partial charge is 0.162 e. The largest absolute Gasteiger partial charge is 0.391 e. The lowest BCUT2D eigenvalue weighted by atomic mass is 10.1. The van der Waals surface area contributed by atoms with Gasteiger partial charge in [0, 0.05) is 37.3 Å². The Kier molecular flexibility index (Phi) is 5.20. The molecule has 5 rings (SSSR count). The van der Waals surface area contributed by atoms with Gasteiger partial charge in [-0.3, -0.25) is 0 Å². The Morgan fingerprint density at radius 2 is 1.90 bits per heavy atom. The molecule has 0 aliphatic carbocycles. The van der Waals surface area contributed by atoms with Crippen LogP contribution in [0.15, 0.2) is 42.6 Å². The van der Waals surface area contributed by atoms with Gasteiger partial charge in [0.05, 0.1) is 31.6 Å². The first-order valence-corrected chi connectivity index (χ1v) is 10.3. The van der Waals surface area contributed by atoms with Gasteiger partial charge in [-0.05, 0) is 19.1 Å². The summed E-state index contributed by atoms with van der Waals surface area (Å²) in [5, 5.41) is 14.6. The minimum absolute atomic E-state index is 0.310. The number of aliphatic hydroxyl groups is 1. The third-order valence-corrected chi connectivity index (χ3v) is 5.45. The Morgan fingerprint density at radius 3 is 2.67 bits per heavy atom. The van der Waals surface area contributed by atoms with Gasteiger partial charge < -0.3 is 19.5 Å². The van der Waals surface area contributed by atoms with E-state index in [1.54, 1.807) is 4.68 Å². The number of hydrogen-bond donors (Lipinski definition) is 1. The number of aliphatic hydroxyl groups excluding tert-OH is 1. The molecular formula is C22H25N5O3. The van der Waals surface area contributed by atoms with E-state index in [-0.39, 0.29) is 6.10 Å². The Labute approximate surface area is 175 Å². The molecule has 8 heteroatoms. The van der Waals surface area contributed by atoms with Crippen LogP contribution in [0.1, 0.15) is 23.9 Å². The summed E-state index contributed by atoms with van der Waals surface area (Å²) in [6.07, 6.45) is 1.62. The van der Waals surface area contributed by atoms with Gasteiger partial charge in [0.25, 0.3) is 0 Å². The summed E-state index contributed by atoms with van der Waals surface area (Å²) < 4.78 is 13.0. The van der Waals surface area contributed by atoms with Crippen molar-refractivity contribution in [3.05, 3.63) is 54.0 Å². The molecule has 156 valence electrons. The highest BCUT2D eigenvalue weighted by Crippen LogP contribution is 2.29. The lowest BCUT2D eigenvalue weighted by Gasteiger charge is -2.28. The third kappa shape index (κ3) is 3.94. The third-order valence-electron chi connectivity index (χ3n) is 5.45. The predicted molar refractivity (Wildman–Crippen MR) is 112 cm³/mol. The molecule has 1 aromatic carbocycles. The summed E-state index contributed by atoms with van der Waals surface area (Å²) in [6, 6.07) is 12.2. The Hall–Kier alpha value is -2.81. The second kappa shape index (κ2) is 8.14. The molecule has 0 bridgehead atoms. The average molecular weight is 407 g/mol. The number of hydrogen-bond acceptors (Lipinski definition) is 7. The Bertz CT molecular complexity index is 1010. The average Bonchev–Trinajstić information content (AvgIpc) is 3.44. The van der Waals surface area contributed by atoms with Crippen LogP contribution in [0, 0.1) is 6.92 Å². The molecule has 0 amide bonds. The van der Waals surface area contributed by atoms with Gasteiger partial charge in [-0.1, -0.05) is 23.8 Å². The minimum atomic E-state index is -0.480. The SMILES string of the molecule is Cc1cccc(-c2ccn(-c3cc(N4CCOCC4)nc([C@@H]4C[C@@H](O)CO4)n3)n2)c1. The molecule has 2 saturated heterocycles. The summed E-state index contributed by atoms with van der Waals surface area (Å²) in [6.45, 7) is 5.28. The molecule has 0 unspecified atom stereocenters. The maximum absolute atomic E-state index is 9.89. The highest BCUT2D eigenvalue weighted by molar-refractivity contribution is 5.60. The van der Waals surface area contributed by atoms with Crippen LogP contribution in [0.2, 0.25) is 0 Å². The summed E-state index contributed by atoms with van der Waals surface area (Å²) >= 11 is 0. The first-order valence-electron chi connectivity index (χ1n) is 10.3. The van der Waals surface area contributed by atoms with Crippen molar-refractivity contribution in [2.45, 2.75) is 25.6 Å². The Balaban J connectivity index is 1.52. The fraction of sp³-hybridized carbons (Fsp3) is 0.409. The molecule has 0 saturated carbocycles. The van der Waals surface area contributed by atoms with Crippen LogP contribution in [0.25, 0.3) is 17.1 Å². The Morgan fingerprint density at radius 1 is 1.07 bits per heavy atom. The van der Waals surface area contributed by atoms with Crippen molar-refractivity contribution in [2.24, 2.45) is 0 Å². The number of anilines is 1. The highest BCUT2D eigenvalue weighted by Gasteiger charge is 2.29. The van der Waals surface area contributed by atoms with Gasteiger partial charge >= 0.3 is 0 Å². The molecule has 2 aromatic heterocycles. The molecule has 2 aliphatic rings. The van der Waals surface area contributed by atoms with Gasteiger partial charge in [-0.2, -0.15) is 5.10 Å². The predicted octanol–water partition coefficient (Wildman–Crippen LogP) is 2.30. The number of morpholine rings is 1. The van der Waals surface area contributed by atoms with Crippen LogP contribution in [0.4, 0.5) is 5.82 Å². The van der Waals surface area contributed by atoms with Crippen LogP contribution in [0.3, 0.4) is 0 Å². The molecule has 3 aromatic rings. The van der Waals surface area contributed by atoms with Crippen molar-refractivity contribution in [1.82, 2.24) is 19.7 Å². The molecule has 2 fully saturated rings. The van der Waals surface area contributed by atoms with Gasteiger partial charge in [0.15, 0.2) is 11.6 Å². The van der Waals surface area contributed by atoms with Crippen LogP contribution in [0.5, 0.6) is 0 Å². The second-order valence-corrected chi connectivity index (χ2v) is 7.77. The van der Waals surface area contributed by atoms with Crippen molar-refractivity contribution >= 4 is 5.82 Å². The number of aromatic nitrogens is 4. The van der Waals surface area contributed by atoms with E-state index < -0.39 is 6.10 Å². The molecule has 2 aliphatic heterocycles. The summed E-state index contributed by atoms with van der Waals surface area (Å²) in [7, 11) is 0. The first-order chi connectivity index (χ1) is 14.7. The van der Waals surface area contributed by atoms with Crippen LogP contribution in [-0.4, -0.2) is 63.9 Å². The van der Waals surface area contributed by atoms with Crippen LogP contribution >= 0.6 is 0 Å². The number of aryl methyl sites for hydroxylation is 1. The van der Waals surface area contributed by atoms with Crippen molar-refractivity contribution in [3.8, 4) is 17.1 Å². The van der Waals surface area contributed by atoms with E-state index in [0.717, 1.165) is 30.2 Å². The lowest BCUT2D eigenvalue weighted by Crippen LogP contribution is -2.37. The standard InChI is InChI=1S/C22H25N5O3/c1-15-3-2-4-16(11-15)18-5-6-27(25-18)21-13-20(26-7-9-29-10-8-26)23-22(24-21)19-12-17(28)14-30-19/h2-6,11,13,17,19,28H,7-10,12,14H2,1H3/t17-,19+/m1/s1. The normalized spacial score (nSPS) is 21.9. The van der Waals surface area contributed by atoms with Gasteiger partial charge in [0.2, 0.25) is 0 Å². The fourth-order valence-electron chi connectivity index (χ4n) is 3.86. The van der Waals surface area contributed by atoms with Crippen molar-refractivity contribution in [1.29, 1.82) is 0 Å². The highest BCUT2D eigenvalue weighted by atomic mass is 16.5. The molecule has 0 radical (unpaired) electrons. The zero-order chi connectivity index (χ0) is 20.5. The zero-order valence-corrected chi connectivity index (χ0v) is 16.9. The van der Waals surface area contributed by atoms with Gasteiger partial charge in [0.1, 0.15) is 11.9 Å².